The van der Waals surface area contributed by atoms with E-state index >= 15 is 9.59 Å². The number of fused-ring (bicyclic) bond motifs is 4. The monoisotopic (exact) mass is 805 g/mol. The number of para-hydroxylation sites is 1. The van der Waals surface area contributed by atoms with Crippen LogP contribution in [-0.2, 0) is 37.5 Å². The summed E-state index contributed by atoms with van der Waals surface area (Å²) in [6.07, 6.45) is 1.32. The zero-order valence-corrected chi connectivity index (χ0v) is 32.8. The maximum atomic E-state index is 15.4. The third-order valence-corrected chi connectivity index (χ3v) is 12.1. The zero-order chi connectivity index (χ0) is 41.5. The number of benzene rings is 5. The van der Waals surface area contributed by atoms with E-state index in [1.165, 1.54) is 0 Å². The standard InChI is InChI=1S/C49H39N7O5/c57-36-23-21-34(22-24-36)45-49(37-30-31(20-25-38(37)52-48(49)60)12-11-29-55-40-19-8-7-18-39(40)53-54-55)41(46(58)51-28-26-35-17-9-10-27-50-35)43-47(59)61-44(33-15-5-2-6-16-33)42(56(43)45)32-13-3-1-4-14-32/h1-10,13-25,27,30,41-45,57H,26,28-29H2,(H,51,58)(H,52,60). The van der Waals surface area contributed by atoms with E-state index in [2.05, 4.69) is 37.8 Å². The minimum Gasteiger partial charge on any atom is -0.508 e. The van der Waals surface area contributed by atoms with Crippen molar-refractivity contribution < 1.29 is 24.2 Å². The number of hydrogen-bond donors (Lipinski definition) is 3. The Morgan fingerprint density at radius 1 is 0.820 bits per heavy atom. The Balaban J connectivity index is 1.16. The van der Waals surface area contributed by atoms with Crippen molar-refractivity contribution in [3.05, 3.63) is 185 Å². The van der Waals surface area contributed by atoms with E-state index in [0.717, 1.165) is 27.9 Å². The number of pyridine rings is 1. The highest BCUT2D eigenvalue weighted by Crippen LogP contribution is 2.64. The average Bonchev–Trinajstić information content (AvgIpc) is 3.95. The summed E-state index contributed by atoms with van der Waals surface area (Å²) in [5.74, 6) is 3.70. The van der Waals surface area contributed by atoms with Gasteiger partial charge in [-0.05, 0) is 76.9 Å². The first-order valence-electron chi connectivity index (χ1n) is 20.2. The highest BCUT2D eigenvalue weighted by molar-refractivity contribution is 6.12. The molecule has 300 valence electrons. The van der Waals surface area contributed by atoms with Gasteiger partial charge in [-0.3, -0.25) is 24.3 Å². The van der Waals surface area contributed by atoms with Crippen LogP contribution in [0.5, 0.6) is 5.75 Å². The quantitative estimate of drug-likeness (QED) is 0.120. The molecule has 3 N–H and O–H groups in total. The molecular formula is C49H39N7O5. The van der Waals surface area contributed by atoms with Gasteiger partial charge >= 0.3 is 5.97 Å². The lowest BCUT2D eigenvalue weighted by Crippen LogP contribution is -2.55. The molecule has 3 aliphatic heterocycles. The smallest absolute Gasteiger partial charge is 0.324 e. The molecule has 0 aliphatic carbocycles. The summed E-state index contributed by atoms with van der Waals surface area (Å²) in [5.41, 5.74) is 4.58. The molecule has 5 heterocycles. The number of nitrogens with one attached hydrogen (secondary N) is 2. The third-order valence-electron chi connectivity index (χ3n) is 12.1. The van der Waals surface area contributed by atoms with E-state index < -0.39 is 53.3 Å². The topological polar surface area (TPSA) is 152 Å². The van der Waals surface area contributed by atoms with Crippen molar-refractivity contribution in [3.8, 4) is 17.6 Å². The Hall–Kier alpha value is -7.62. The Morgan fingerprint density at radius 2 is 1.56 bits per heavy atom. The summed E-state index contributed by atoms with van der Waals surface area (Å²) in [7, 11) is 0. The van der Waals surface area contributed by atoms with Gasteiger partial charge in [-0.1, -0.05) is 108 Å². The van der Waals surface area contributed by atoms with Crippen LogP contribution in [-0.4, -0.2) is 60.4 Å². The largest absolute Gasteiger partial charge is 0.508 e. The molecule has 2 saturated heterocycles. The molecular weight excluding hydrogens is 767 g/mol. The van der Waals surface area contributed by atoms with Crippen LogP contribution in [0.4, 0.5) is 5.69 Å². The van der Waals surface area contributed by atoms with Gasteiger partial charge in [0, 0.05) is 36.1 Å². The van der Waals surface area contributed by atoms with Crippen LogP contribution < -0.4 is 10.6 Å². The second kappa shape index (κ2) is 15.5. The first-order chi connectivity index (χ1) is 29.9. The van der Waals surface area contributed by atoms with Gasteiger partial charge in [0.1, 0.15) is 35.4 Å². The van der Waals surface area contributed by atoms with Crippen molar-refractivity contribution >= 4 is 34.5 Å². The van der Waals surface area contributed by atoms with Crippen molar-refractivity contribution in [2.24, 2.45) is 5.92 Å². The van der Waals surface area contributed by atoms with Crippen molar-refractivity contribution in [2.75, 3.05) is 11.9 Å². The fraction of sp³-hybridized carbons (Fsp3) is 0.184. The molecule has 3 aliphatic rings. The Kier molecular flexibility index (Phi) is 9.58. The minimum absolute atomic E-state index is 0.0324. The molecule has 2 amide bonds. The van der Waals surface area contributed by atoms with Crippen LogP contribution in [0.25, 0.3) is 11.0 Å². The van der Waals surface area contributed by atoms with Crippen LogP contribution in [0.3, 0.4) is 0 Å². The number of phenolic OH excluding ortho intramolecular Hbond substituents is 1. The Morgan fingerprint density at radius 3 is 2.33 bits per heavy atom. The Labute approximate surface area is 351 Å². The summed E-state index contributed by atoms with van der Waals surface area (Å²) < 4.78 is 8.23. The fourth-order valence-corrected chi connectivity index (χ4v) is 9.55. The fourth-order valence-electron chi connectivity index (χ4n) is 9.55. The molecule has 6 atom stereocenters. The minimum atomic E-state index is -1.69. The van der Waals surface area contributed by atoms with Crippen molar-refractivity contribution in [2.45, 2.75) is 42.6 Å². The first-order valence-corrected chi connectivity index (χ1v) is 20.2. The van der Waals surface area contributed by atoms with Crippen LogP contribution >= 0.6 is 0 Å². The molecule has 12 nitrogen and oxygen atoms in total. The molecule has 0 saturated carbocycles. The average molecular weight is 806 g/mol. The highest BCUT2D eigenvalue weighted by Gasteiger charge is 2.74. The number of aromatic nitrogens is 4. The highest BCUT2D eigenvalue weighted by atomic mass is 16.6. The molecule has 61 heavy (non-hydrogen) atoms. The number of morpholine rings is 1. The number of ether oxygens (including phenoxy) is 1. The number of anilines is 1. The first kappa shape index (κ1) is 37.6. The maximum Gasteiger partial charge on any atom is 0.324 e. The lowest BCUT2D eigenvalue weighted by Gasteiger charge is -2.46. The summed E-state index contributed by atoms with van der Waals surface area (Å²) in [4.78, 5) is 52.1. The number of nitrogens with zero attached hydrogens (tertiary/aromatic N) is 5. The van der Waals surface area contributed by atoms with E-state index in [1.54, 1.807) is 41.2 Å². The second-order valence-corrected chi connectivity index (χ2v) is 15.5. The van der Waals surface area contributed by atoms with Gasteiger partial charge in [-0.15, -0.1) is 5.10 Å². The number of rotatable bonds is 8. The number of carbonyl (C=O) groups is 3. The molecule has 10 rings (SSSR count). The predicted molar refractivity (Wildman–Crippen MR) is 227 cm³/mol. The number of phenols is 1. The number of hydrogen-bond acceptors (Lipinski definition) is 9. The third kappa shape index (κ3) is 6.47. The molecule has 12 heteroatoms. The van der Waals surface area contributed by atoms with Crippen LogP contribution in [0.1, 0.15) is 51.7 Å². The number of cyclic esters (lactones) is 1. The zero-order valence-electron chi connectivity index (χ0n) is 32.8. The van der Waals surface area contributed by atoms with Crippen molar-refractivity contribution in [3.63, 3.8) is 0 Å². The lowest BCUT2D eigenvalue weighted by atomic mass is 9.65. The summed E-state index contributed by atoms with van der Waals surface area (Å²) >= 11 is 0. The molecule has 0 bridgehead atoms. The van der Waals surface area contributed by atoms with Gasteiger partial charge in [0.25, 0.3) is 0 Å². The van der Waals surface area contributed by atoms with E-state index in [-0.39, 0.29) is 18.8 Å². The van der Waals surface area contributed by atoms with Gasteiger partial charge in [-0.25, -0.2) is 4.68 Å². The number of aromatic hydroxyl groups is 1. The molecule has 2 fully saturated rings. The normalized spacial score (nSPS) is 22.8. The molecule has 6 unspecified atom stereocenters. The van der Waals surface area contributed by atoms with E-state index in [1.807, 2.05) is 120 Å². The summed E-state index contributed by atoms with van der Waals surface area (Å²) in [6.45, 7) is 0.471. The number of carbonyl (C=O) groups excluding carboxylic acids is 3. The van der Waals surface area contributed by atoms with Gasteiger partial charge in [0.15, 0.2) is 0 Å². The molecule has 1 spiro atoms. The molecule has 5 aromatic carbocycles. The summed E-state index contributed by atoms with van der Waals surface area (Å²) in [6, 6.07) is 41.9. The molecule has 0 radical (unpaired) electrons. The number of amides is 2. The SMILES string of the molecule is O=C1OC(c2ccccc2)C(c2ccccc2)N2C1C(C(=O)NCCc1ccccn1)C1(C(=O)Nc3ccc(C#CCn4nnc5ccccc54)cc31)C2c1ccc(O)cc1. The Bertz CT molecular complexity index is 2840. The summed E-state index contributed by atoms with van der Waals surface area (Å²) in [5, 5.41) is 25.3. The van der Waals surface area contributed by atoms with E-state index in [4.69, 9.17) is 4.74 Å². The van der Waals surface area contributed by atoms with Crippen LogP contribution in [0, 0.1) is 17.8 Å². The van der Waals surface area contributed by atoms with Crippen LogP contribution in [0.2, 0.25) is 0 Å². The lowest BCUT2D eigenvalue weighted by molar-refractivity contribution is -0.178. The van der Waals surface area contributed by atoms with Crippen molar-refractivity contribution in [1.82, 2.24) is 30.2 Å². The van der Waals surface area contributed by atoms with Gasteiger partial charge in [0.05, 0.1) is 23.5 Å². The second-order valence-electron chi connectivity index (χ2n) is 15.5. The predicted octanol–water partition coefficient (Wildman–Crippen LogP) is 6.21. The van der Waals surface area contributed by atoms with Crippen LogP contribution in [0.15, 0.2) is 152 Å². The molecule has 2 aromatic heterocycles. The van der Waals surface area contributed by atoms with Gasteiger partial charge in [0.2, 0.25) is 11.8 Å². The maximum absolute atomic E-state index is 15.4. The van der Waals surface area contributed by atoms with E-state index in [9.17, 15) is 9.90 Å². The molecule has 7 aromatic rings. The number of esters is 1. The van der Waals surface area contributed by atoms with Crippen molar-refractivity contribution in [1.29, 1.82) is 0 Å². The van der Waals surface area contributed by atoms with Gasteiger partial charge in [-0.2, -0.15) is 0 Å². The van der Waals surface area contributed by atoms with Gasteiger partial charge < -0.3 is 20.5 Å². The van der Waals surface area contributed by atoms with E-state index in [0.29, 0.717) is 28.8 Å².